The van der Waals surface area contributed by atoms with E-state index >= 15 is 0 Å². The lowest BCUT2D eigenvalue weighted by Crippen LogP contribution is -2.36. The number of nitrogens with zero attached hydrogens (tertiary/aromatic N) is 5. The van der Waals surface area contributed by atoms with Crippen molar-refractivity contribution in [2.45, 2.75) is 6.42 Å². The fourth-order valence-electron chi connectivity index (χ4n) is 4.11. The molecule has 0 bridgehead atoms. The van der Waals surface area contributed by atoms with Gasteiger partial charge in [-0.15, -0.1) is 11.3 Å². The summed E-state index contributed by atoms with van der Waals surface area (Å²) in [6.07, 6.45) is 3.62. The molecule has 5 rings (SSSR count). The zero-order chi connectivity index (χ0) is 25.4. The quantitative estimate of drug-likeness (QED) is 0.442. The second kappa shape index (κ2) is 9.67. The highest BCUT2D eigenvalue weighted by molar-refractivity contribution is 7.15. The largest absolute Gasteiger partial charge is 0.501 e. The highest BCUT2D eigenvalue weighted by Gasteiger charge is 2.20. The average Bonchev–Trinajstić information content (AvgIpc) is 3.35. The second-order valence-corrected chi connectivity index (χ2v) is 9.75. The number of hydrogen-bond donors (Lipinski definition) is 1. The number of amides is 1. The van der Waals surface area contributed by atoms with Crippen LogP contribution in [-0.2, 0) is 11.2 Å². The van der Waals surface area contributed by atoms with Crippen molar-refractivity contribution in [2.24, 2.45) is 0 Å². The number of morpholine rings is 1. The Kier molecular flexibility index (Phi) is 6.42. The molecule has 0 atom stereocenters. The van der Waals surface area contributed by atoms with Crippen molar-refractivity contribution >= 4 is 28.6 Å². The molecular weight excluding hydrogens is 485 g/mol. The van der Waals surface area contributed by atoms with Crippen molar-refractivity contribution in [2.75, 3.05) is 45.3 Å². The average molecular weight is 510 g/mol. The highest BCUT2D eigenvalue weighted by Crippen LogP contribution is 2.31. The van der Waals surface area contributed by atoms with E-state index in [1.54, 1.807) is 38.6 Å². The van der Waals surface area contributed by atoms with Crippen LogP contribution in [0.1, 0.15) is 20.8 Å². The molecule has 1 N–H and O–H groups in total. The fraction of sp³-hybridized carbons (Fsp3) is 0.280. The van der Waals surface area contributed by atoms with Crippen LogP contribution in [0.2, 0.25) is 0 Å². The Morgan fingerprint density at radius 1 is 1.22 bits per heavy atom. The Labute approximate surface area is 210 Å². The summed E-state index contributed by atoms with van der Waals surface area (Å²) in [5.74, 6) is -1.28. The number of carbonyl (C=O) groups is 1. The van der Waals surface area contributed by atoms with Crippen LogP contribution in [0.4, 0.5) is 10.1 Å². The van der Waals surface area contributed by atoms with E-state index in [0.717, 1.165) is 23.7 Å². The van der Waals surface area contributed by atoms with Crippen molar-refractivity contribution in [1.82, 2.24) is 19.3 Å². The molecular formula is C25H24FN5O4S. The van der Waals surface area contributed by atoms with Gasteiger partial charge in [-0.25, -0.2) is 14.4 Å². The van der Waals surface area contributed by atoms with Crippen molar-refractivity contribution in [1.29, 1.82) is 0 Å². The van der Waals surface area contributed by atoms with Gasteiger partial charge in [0.25, 0.3) is 5.91 Å². The molecule has 1 saturated heterocycles. The first-order valence-electron chi connectivity index (χ1n) is 11.3. The zero-order valence-electron chi connectivity index (χ0n) is 19.8. The van der Waals surface area contributed by atoms with Gasteiger partial charge in [0.1, 0.15) is 22.2 Å². The molecule has 0 aliphatic carbocycles. The Balaban J connectivity index is 1.47. The Morgan fingerprint density at radius 2 is 2.00 bits per heavy atom. The fourth-order valence-corrected chi connectivity index (χ4v) is 5.03. The van der Waals surface area contributed by atoms with Gasteiger partial charge in [-0.05, 0) is 29.8 Å². The van der Waals surface area contributed by atoms with Crippen molar-refractivity contribution in [3.8, 4) is 16.5 Å². The molecule has 9 nitrogen and oxygen atoms in total. The van der Waals surface area contributed by atoms with Gasteiger partial charge in [0.2, 0.25) is 5.75 Å². The van der Waals surface area contributed by atoms with E-state index in [1.165, 1.54) is 32.8 Å². The molecule has 1 aromatic carbocycles. The number of aromatic nitrogens is 3. The molecule has 1 aliphatic heterocycles. The van der Waals surface area contributed by atoms with E-state index < -0.39 is 17.1 Å². The number of anilines is 1. The third-order valence-electron chi connectivity index (χ3n) is 5.99. The first-order chi connectivity index (χ1) is 17.3. The van der Waals surface area contributed by atoms with E-state index in [0.29, 0.717) is 35.9 Å². The molecule has 1 fully saturated rings. The molecule has 1 amide bonds. The molecule has 4 aromatic rings. The minimum Gasteiger partial charge on any atom is -0.501 e. The molecule has 4 heterocycles. The number of aromatic hydroxyl groups is 1. The second-order valence-electron chi connectivity index (χ2n) is 8.64. The third kappa shape index (κ3) is 4.54. The van der Waals surface area contributed by atoms with E-state index in [2.05, 4.69) is 14.9 Å². The van der Waals surface area contributed by atoms with Gasteiger partial charge < -0.3 is 19.6 Å². The first-order valence-corrected chi connectivity index (χ1v) is 12.2. The minimum atomic E-state index is -0.584. The summed E-state index contributed by atoms with van der Waals surface area (Å²) in [5, 5.41) is 11.1. The van der Waals surface area contributed by atoms with Gasteiger partial charge in [0, 0.05) is 56.4 Å². The van der Waals surface area contributed by atoms with Crippen LogP contribution >= 0.6 is 11.3 Å². The molecule has 36 heavy (non-hydrogen) atoms. The van der Waals surface area contributed by atoms with Gasteiger partial charge in [0.05, 0.1) is 18.9 Å². The maximum atomic E-state index is 13.8. The van der Waals surface area contributed by atoms with Gasteiger partial charge in [-0.2, -0.15) is 0 Å². The van der Waals surface area contributed by atoms with Crippen LogP contribution in [0.15, 0.2) is 47.5 Å². The zero-order valence-corrected chi connectivity index (χ0v) is 20.6. The summed E-state index contributed by atoms with van der Waals surface area (Å²) < 4.78 is 20.5. The maximum Gasteiger partial charge on any atom is 0.300 e. The van der Waals surface area contributed by atoms with Crippen LogP contribution in [0.3, 0.4) is 0 Å². The topological polar surface area (TPSA) is 100 Å². The smallest absolute Gasteiger partial charge is 0.300 e. The summed E-state index contributed by atoms with van der Waals surface area (Å²) in [7, 11) is 3.22. The van der Waals surface area contributed by atoms with Crippen LogP contribution in [0, 0.1) is 5.82 Å². The summed E-state index contributed by atoms with van der Waals surface area (Å²) >= 11 is 1.25. The number of hydrogen-bond acceptors (Lipinski definition) is 8. The SMILES string of the molecule is CN(C)C(=O)c1cc(F)ccc1Cc1cnc(-c2nc3ccc(N4CCOCC4)cn3c(=O)c2O)s1. The molecule has 186 valence electrons. The Morgan fingerprint density at radius 3 is 2.75 bits per heavy atom. The summed E-state index contributed by atoms with van der Waals surface area (Å²) in [6, 6.07) is 7.74. The minimum absolute atomic E-state index is 0.0964. The lowest BCUT2D eigenvalue weighted by Gasteiger charge is -2.28. The molecule has 1 aliphatic rings. The predicted octanol–water partition coefficient (Wildman–Crippen LogP) is 2.79. The number of rotatable bonds is 5. The van der Waals surface area contributed by atoms with Crippen LogP contribution in [0.25, 0.3) is 16.3 Å². The van der Waals surface area contributed by atoms with E-state index in [-0.39, 0.29) is 17.2 Å². The van der Waals surface area contributed by atoms with Gasteiger partial charge in [0.15, 0.2) is 0 Å². The standard InChI is InChI=1S/C25H24FN5O4S/c1-29(2)24(33)19-12-16(26)4-3-15(19)11-18-13-27-23(36-18)21-22(32)25(34)31-14-17(5-6-20(31)28-21)30-7-9-35-10-8-30/h3-6,12-14,32H,7-11H2,1-2H3. The predicted molar refractivity (Wildman–Crippen MR) is 134 cm³/mol. The molecule has 3 aromatic heterocycles. The van der Waals surface area contributed by atoms with Crippen LogP contribution in [-0.4, -0.2) is 70.7 Å². The van der Waals surface area contributed by atoms with Gasteiger partial charge >= 0.3 is 5.56 Å². The van der Waals surface area contributed by atoms with Crippen molar-refractivity contribution in [3.63, 3.8) is 0 Å². The number of ether oxygens (including phenoxy) is 1. The molecule has 11 heteroatoms. The number of halogens is 1. The Hall–Kier alpha value is -3.83. The molecule has 0 saturated carbocycles. The van der Waals surface area contributed by atoms with Gasteiger partial charge in [-0.1, -0.05) is 6.07 Å². The van der Waals surface area contributed by atoms with E-state index in [4.69, 9.17) is 4.74 Å². The van der Waals surface area contributed by atoms with E-state index in [9.17, 15) is 19.1 Å². The van der Waals surface area contributed by atoms with Gasteiger partial charge in [-0.3, -0.25) is 14.0 Å². The highest BCUT2D eigenvalue weighted by atomic mass is 32.1. The molecule has 0 radical (unpaired) electrons. The normalized spacial score (nSPS) is 13.8. The molecule has 0 spiro atoms. The summed E-state index contributed by atoms with van der Waals surface area (Å²) in [6.45, 7) is 2.67. The first kappa shape index (κ1) is 23.9. The van der Waals surface area contributed by atoms with E-state index in [1.807, 2.05) is 6.07 Å². The number of benzene rings is 1. The number of pyridine rings is 1. The monoisotopic (exact) mass is 509 g/mol. The maximum absolute atomic E-state index is 13.8. The number of fused-ring (bicyclic) bond motifs is 1. The van der Waals surface area contributed by atoms with Crippen molar-refractivity contribution in [3.05, 3.63) is 74.9 Å². The number of carbonyl (C=O) groups excluding carboxylic acids is 1. The number of thiazole rings is 1. The lowest BCUT2D eigenvalue weighted by molar-refractivity contribution is 0.0826. The summed E-state index contributed by atoms with van der Waals surface area (Å²) in [4.78, 5) is 38.7. The van der Waals surface area contributed by atoms with Crippen LogP contribution < -0.4 is 10.5 Å². The van der Waals surface area contributed by atoms with Crippen molar-refractivity contribution < 1.29 is 19.0 Å². The Bertz CT molecular complexity index is 1510. The molecule has 0 unspecified atom stereocenters. The van der Waals surface area contributed by atoms with Crippen LogP contribution in [0.5, 0.6) is 5.75 Å². The third-order valence-corrected chi connectivity index (χ3v) is 6.99. The summed E-state index contributed by atoms with van der Waals surface area (Å²) in [5.41, 5.74) is 1.67. The lowest BCUT2D eigenvalue weighted by atomic mass is 10.0.